The second-order valence-corrected chi connectivity index (χ2v) is 5.19. The highest BCUT2D eigenvalue weighted by Crippen LogP contribution is 2.28. The van der Waals surface area contributed by atoms with E-state index in [0.29, 0.717) is 11.3 Å². The molecule has 1 saturated heterocycles. The lowest BCUT2D eigenvalue weighted by Gasteiger charge is -2.14. The lowest BCUT2D eigenvalue weighted by Crippen LogP contribution is -2.37. The number of hydrogen-bond donors (Lipinski definition) is 3. The van der Waals surface area contributed by atoms with Crippen molar-refractivity contribution in [1.82, 2.24) is 5.32 Å². The maximum Gasteiger partial charge on any atom is 0.242 e. The Morgan fingerprint density at radius 3 is 2.94 bits per heavy atom. The molecule has 0 aliphatic carbocycles. The van der Waals surface area contributed by atoms with E-state index in [1.165, 1.54) is 0 Å². The molecule has 1 atom stereocenters. The third-order valence-electron chi connectivity index (χ3n) is 2.92. The van der Waals surface area contributed by atoms with Gasteiger partial charge in [0, 0.05) is 22.9 Å². The zero-order chi connectivity index (χ0) is 12.4. The standard InChI is InChI=1S/C12H16N2O2S/c1-7-3-4-9(8(2)11(7)15)14-12(16)10-5-17-6-13-10/h3-4,10,13,15H,5-6H2,1-2H3,(H,14,16). The fourth-order valence-corrected chi connectivity index (χ4v) is 2.70. The number of anilines is 1. The number of benzene rings is 1. The number of aromatic hydroxyl groups is 1. The minimum absolute atomic E-state index is 0.0404. The number of nitrogens with one attached hydrogen (secondary N) is 2. The largest absolute Gasteiger partial charge is 0.507 e. The average Bonchev–Trinajstić information content (AvgIpc) is 2.83. The zero-order valence-corrected chi connectivity index (χ0v) is 10.7. The van der Waals surface area contributed by atoms with Crippen molar-refractivity contribution in [3.63, 3.8) is 0 Å². The number of amides is 1. The summed E-state index contributed by atoms with van der Waals surface area (Å²) in [6.07, 6.45) is 0. The average molecular weight is 252 g/mol. The third kappa shape index (κ3) is 2.56. The summed E-state index contributed by atoms with van der Waals surface area (Å²) < 4.78 is 0. The monoisotopic (exact) mass is 252 g/mol. The van der Waals surface area contributed by atoms with Crippen LogP contribution in [0.4, 0.5) is 5.69 Å². The molecule has 92 valence electrons. The van der Waals surface area contributed by atoms with Crippen LogP contribution in [0.5, 0.6) is 5.75 Å². The van der Waals surface area contributed by atoms with Crippen molar-refractivity contribution in [3.05, 3.63) is 23.3 Å². The molecule has 0 spiro atoms. The first kappa shape index (κ1) is 12.3. The minimum atomic E-state index is -0.136. The molecule has 1 aromatic rings. The van der Waals surface area contributed by atoms with Gasteiger partial charge in [-0.25, -0.2) is 0 Å². The van der Waals surface area contributed by atoms with Gasteiger partial charge in [0.25, 0.3) is 0 Å². The van der Waals surface area contributed by atoms with E-state index in [9.17, 15) is 9.90 Å². The number of phenols is 1. The minimum Gasteiger partial charge on any atom is -0.507 e. The zero-order valence-electron chi connectivity index (χ0n) is 9.91. The van der Waals surface area contributed by atoms with Crippen LogP contribution < -0.4 is 10.6 Å². The van der Waals surface area contributed by atoms with Gasteiger partial charge >= 0.3 is 0 Å². The van der Waals surface area contributed by atoms with Crippen LogP contribution in [0, 0.1) is 13.8 Å². The van der Waals surface area contributed by atoms with E-state index in [2.05, 4.69) is 10.6 Å². The van der Waals surface area contributed by atoms with Crippen molar-refractivity contribution >= 4 is 23.4 Å². The second kappa shape index (κ2) is 4.98. The van der Waals surface area contributed by atoms with Crippen LogP contribution >= 0.6 is 11.8 Å². The fraction of sp³-hybridized carbons (Fsp3) is 0.417. The van der Waals surface area contributed by atoms with E-state index >= 15 is 0 Å². The van der Waals surface area contributed by atoms with E-state index in [4.69, 9.17) is 0 Å². The number of carbonyl (C=O) groups excluding carboxylic acids is 1. The van der Waals surface area contributed by atoms with Gasteiger partial charge in [-0.3, -0.25) is 10.1 Å². The molecule has 1 amide bonds. The van der Waals surface area contributed by atoms with Gasteiger partial charge in [0.05, 0.1) is 6.04 Å². The van der Waals surface area contributed by atoms with Crippen molar-refractivity contribution in [2.24, 2.45) is 0 Å². The second-order valence-electron chi connectivity index (χ2n) is 4.16. The molecule has 1 aliphatic heterocycles. The SMILES string of the molecule is Cc1ccc(NC(=O)C2CSCN2)c(C)c1O. The number of aryl methyl sites for hydroxylation is 1. The Morgan fingerprint density at radius 1 is 1.53 bits per heavy atom. The Bertz CT molecular complexity index is 442. The van der Waals surface area contributed by atoms with Crippen LogP contribution in [0.15, 0.2) is 12.1 Å². The summed E-state index contributed by atoms with van der Waals surface area (Å²) in [5, 5.41) is 15.8. The molecule has 4 nitrogen and oxygen atoms in total. The van der Waals surface area contributed by atoms with E-state index in [0.717, 1.165) is 17.2 Å². The number of hydrogen-bond acceptors (Lipinski definition) is 4. The predicted molar refractivity (Wildman–Crippen MR) is 70.5 cm³/mol. The molecule has 1 aliphatic rings. The lowest BCUT2D eigenvalue weighted by atomic mass is 10.1. The van der Waals surface area contributed by atoms with Crippen molar-refractivity contribution in [3.8, 4) is 5.75 Å². The summed E-state index contributed by atoms with van der Waals surface area (Å²) in [4.78, 5) is 11.9. The summed E-state index contributed by atoms with van der Waals surface area (Å²) in [6, 6.07) is 3.49. The van der Waals surface area contributed by atoms with Gasteiger partial charge in [0.15, 0.2) is 0 Å². The molecule has 0 aromatic heterocycles. The van der Waals surface area contributed by atoms with Crippen LogP contribution in [0.2, 0.25) is 0 Å². The number of phenolic OH excluding ortho intramolecular Hbond substituents is 1. The highest BCUT2D eigenvalue weighted by Gasteiger charge is 2.23. The summed E-state index contributed by atoms with van der Waals surface area (Å²) >= 11 is 1.71. The Labute approximate surface area is 105 Å². The summed E-state index contributed by atoms with van der Waals surface area (Å²) in [6.45, 7) is 3.64. The van der Waals surface area contributed by atoms with Crippen LogP contribution in [0.1, 0.15) is 11.1 Å². The first-order valence-corrected chi connectivity index (χ1v) is 6.66. The summed E-state index contributed by atoms with van der Waals surface area (Å²) in [5.74, 6) is 1.82. The lowest BCUT2D eigenvalue weighted by molar-refractivity contribution is -0.117. The Balaban J connectivity index is 2.13. The molecule has 17 heavy (non-hydrogen) atoms. The Morgan fingerprint density at radius 2 is 2.29 bits per heavy atom. The maximum atomic E-state index is 11.9. The molecule has 2 rings (SSSR count). The highest BCUT2D eigenvalue weighted by molar-refractivity contribution is 7.99. The molecule has 1 heterocycles. The molecule has 3 N–H and O–H groups in total. The maximum absolute atomic E-state index is 11.9. The van der Waals surface area contributed by atoms with Crippen molar-refractivity contribution in [2.75, 3.05) is 16.9 Å². The normalized spacial score (nSPS) is 19.3. The van der Waals surface area contributed by atoms with Crippen LogP contribution in [0.25, 0.3) is 0 Å². The fourth-order valence-electron chi connectivity index (χ4n) is 1.75. The Kier molecular flexibility index (Phi) is 3.59. The van der Waals surface area contributed by atoms with Crippen LogP contribution in [-0.2, 0) is 4.79 Å². The van der Waals surface area contributed by atoms with Gasteiger partial charge in [-0.15, -0.1) is 11.8 Å². The van der Waals surface area contributed by atoms with Crippen molar-refractivity contribution < 1.29 is 9.90 Å². The van der Waals surface area contributed by atoms with Crippen LogP contribution in [-0.4, -0.2) is 28.7 Å². The number of thioether (sulfide) groups is 1. The van der Waals surface area contributed by atoms with Crippen molar-refractivity contribution in [1.29, 1.82) is 0 Å². The Hall–Kier alpha value is -1.20. The summed E-state index contributed by atoms with van der Waals surface area (Å²) in [5.41, 5.74) is 2.20. The molecule has 0 saturated carbocycles. The molecule has 0 bridgehead atoms. The van der Waals surface area contributed by atoms with Crippen LogP contribution in [0.3, 0.4) is 0 Å². The smallest absolute Gasteiger partial charge is 0.242 e. The van der Waals surface area contributed by atoms with E-state index < -0.39 is 0 Å². The third-order valence-corrected chi connectivity index (χ3v) is 3.86. The summed E-state index contributed by atoms with van der Waals surface area (Å²) in [7, 11) is 0. The quantitative estimate of drug-likeness (QED) is 0.748. The van der Waals surface area contributed by atoms with Gasteiger partial charge in [-0.1, -0.05) is 6.07 Å². The molecule has 1 fully saturated rings. The van der Waals surface area contributed by atoms with E-state index in [1.54, 1.807) is 24.8 Å². The van der Waals surface area contributed by atoms with Crippen molar-refractivity contribution in [2.45, 2.75) is 19.9 Å². The van der Waals surface area contributed by atoms with Gasteiger partial charge < -0.3 is 10.4 Å². The van der Waals surface area contributed by atoms with E-state index in [1.807, 2.05) is 13.0 Å². The van der Waals surface area contributed by atoms with E-state index in [-0.39, 0.29) is 17.7 Å². The molecule has 0 radical (unpaired) electrons. The molecule has 1 aromatic carbocycles. The molecular weight excluding hydrogens is 236 g/mol. The van der Waals surface area contributed by atoms with Gasteiger partial charge in [-0.05, 0) is 25.5 Å². The molecule has 1 unspecified atom stereocenters. The topological polar surface area (TPSA) is 61.4 Å². The highest BCUT2D eigenvalue weighted by atomic mass is 32.2. The number of carbonyl (C=O) groups is 1. The van der Waals surface area contributed by atoms with Gasteiger partial charge in [0.2, 0.25) is 5.91 Å². The first-order valence-electron chi connectivity index (χ1n) is 5.50. The predicted octanol–water partition coefficient (Wildman–Crippen LogP) is 1.61. The van der Waals surface area contributed by atoms with Gasteiger partial charge in [0.1, 0.15) is 5.75 Å². The molecular formula is C12H16N2O2S. The number of rotatable bonds is 2. The van der Waals surface area contributed by atoms with Gasteiger partial charge in [-0.2, -0.15) is 0 Å². The first-order chi connectivity index (χ1) is 8.09. The molecule has 5 heteroatoms.